The molecular formula is C20H23N3O2S2. The van der Waals surface area contributed by atoms with Gasteiger partial charge >= 0.3 is 0 Å². The minimum absolute atomic E-state index is 0.0168. The monoisotopic (exact) mass is 401 g/mol. The molecule has 142 valence electrons. The topological polar surface area (TPSA) is 55.2 Å². The average Bonchev–Trinajstić information content (AvgIpc) is 3.08. The zero-order valence-corrected chi connectivity index (χ0v) is 17.6. The Morgan fingerprint density at radius 1 is 1.30 bits per heavy atom. The molecule has 0 fully saturated rings. The molecule has 2 aromatic heterocycles. The summed E-state index contributed by atoms with van der Waals surface area (Å²) in [5, 5.41) is 1.17. The van der Waals surface area contributed by atoms with Crippen molar-refractivity contribution in [1.82, 2.24) is 9.55 Å². The summed E-state index contributed by atoms with van der Waals surface area (Å²) in [6, 6.07) is 9.73. The Morgan fingerprint density at radius 2 is 2.07 bits per heavy atom. The van der Waals surface area contributed by atoms with Gasteiger partial charge < -0.3 is 4.90 Å². The van der Waals surface area contributed by atoms with E-state index in [0.29, 0.717) is 17.1 Å². The van der Waals surface area contributed by atoms with E-state index in [0.717, 1.165) is 27.4 Å². The van der Waals surface area contributed by atoms with Crippen molar-refractivity contribution >= 4 is 44.9 Å². The number of thioether (sulfide) groups is 1. The van der Waals surface area contributed by atoms with E-state index in [1.807, 2.05) is 50.4 Å². The lowest BCUT2D eigenvalue weighted by atomic mass is 10.2. The number of carbonyl (C=O) groups excluding carboxylic acids is 1. The summed E-state index contributed by atoms with van der Waals surface area (Å²) in [5.74, 6) is -0.118. The predicted molar refractivity (Wildman–Crippen MR) is 114 cm³/mol. The molecule has 1 aromatic carbocycles. The molecule has 0 saturated heterocycles. The second-order valence-electron chi connectivity index (χ2n) is 6.25. The Hall–Kier alpha value is -2.12. The van der Waals surface area contributed by atoms with Crippen LogP contribution in [-0.2, 0) is 17.8 Å². The number of anilines is 1. The van der Waals surface area contributed by atoms with E-state index < -0.39 is 0 Å². The highest BCUT2D eigenvalue weighted by Gasteiger charge is 2.19. The van der Waals surface area contributed by atoms with Crippen LogP contribution in [-0.4, -0.2) is 28.3 Å². The molecule has 0 spiro atoms. The van der Waals surface area contributed by atoms with E-state index in [2.05, 4.69) is 11.9 Å². The Bertz CT molecular complexity index is 1040. The van der Waals surface area contributed by atoms with Gasteiger partial charge in [0.05, 0.1) is 5.39 Å². The maximum atomic E-state index is 13.0. The lowest BCUT2D eigenvalue weighted by Gasteiger charge is -2.22. The first kappa shape index (κ1) is 19.6. The van der Waals surface area contributed by atoms with Gasteiger partial charge in [0.1, 0.15) is 11.4 Å². The Balaban J connectivity index is 2.00. The van der Waals surface area contributed by atoms with Crippen LogP contribution in [0.4, 0.5) is 5.69 Å². The fraction of sp³-hybridized carbons (Fsp3) is 0.350. The third kappa shape index (κ3) is 3.94. The van der Waals surface area contributed by atoms with Crippen molar-refractivity contribution in [2.45, 2.75) is 38.9 Å². The van der Waals surface area contributed by atoms with E-state index in [1.54, 1.807) is 16.2 Å². The molecule has 3 aromatic rings. The Morgan fingerprint density at radius 3 is 2.70 bits per heavy atom. The van der Waals surface area contributed by atoms with Crippen LogP contribution in [0.2, 0.25) is 0 Å². The Kier molecular flexibility index (Phi) is 6.01. The molecule has 0 bridgehead atoms. The number of hydrogen-bond acceptors (Lipinski definition) is 5. The number of rotatable bonds is 6. The molecule has 0 aliphatic rings. The molecule has 1 amide bonds. The van der Waals surface area contributed by atoms with Crippen molar-refractivity contribution < 1.29 is 4.79 Å². The van der Waals surface area contributed by atoms with Crippen molar-refractivity contribution in [1.29, 1.82) is 0 Å². The largest absolute Gasteiger partial charge is 0.311 e. The number of nitrogens with zero attached hydrogens (tertiary/aromatic N) is 3. The standard InChI is InChI=1S/C20H23N3O2S2/c1-5-15-11-16-18(27-15)21-20(26-4)23(19(16)25)12-17(24)22(6-2)14-9-7-8-13(3)10-14/h7-11H,5-6,12H2,1-4H3. The highest BCUT2D eigenvalue weighted by atomic mass is 32.2. The van der Waals surface area contributed by atoms with Crippen LogP contribution in [0.25, 0.3) is 10.2 Å². The van der Waals surface area contributed by atoms with Crippen LogP contribution in [0.15, 0.2) is 40.3 Å². The number of benzene rings is 1. The van der Waals surface area contributed by atoms with E-state index in [4.69, 9.17) is 0 Å². The van der Waals surface area contributed by atoms with Crippen LogP contribution < -0.4 is 10.5 Å². The summed E-state index contributed by atoms with van der Waals surface area (Å²) in [7, 11) is 0. The van der Waals surface area contributed by atoms with Crippen molar-refractivity contribution in [3.8, 4) is 0 Å². The number of hydrogen-bond donors (Lipinski definition) is 0. The molecule has 27 heavy (non-hydrogen) atoms. The first-order valence-electron chi connectivity index (χ1n) is 8.92. The molecule has 3 rings (SSSR count). The Labute approximate surface area is 167 Å². The summed E-state index contributed by atoms with van der Waals surface area (Å²) < 4.78 is 1.50. The van der Waals surface area contributed by atoms with E-state index in [1.165, 1.54) is 16.3 Å². The molecule has 0 unspecified atom stereocenters. The fourth-order valence-corrected chi connectivity index (χ4v) is 4.60. The summed E-state index contributed by atoms with van der Waals surface area (Å²) in [6.07, 6.45) is 2.74. The van der Waals surface area contributed by atoms with Crippen LogP contribution in [0.1, 0.15) is 24.3 Å². The van der Waals surface area contributed by atoms with E-state index >= 15 is 0 Å². The SMILES string of the molecule is CCc1cc2c(=O)n(CC(=O)N(CC)c3cccc(C)c3)c(SC)nc2s1. The number of amides is 1. The van der Waals surface area contributed by atoms with Gasteiger partial charge in [-0.2, -0.15) is 0 Å². The number of likely N-dealkylation sites (N-methyl/N-ethyl adjacent to an activating group) is 1. The quantitative estimate of drug-likeness (QED) is 0.461. The normalized spacial score (nSPS) is 11.1. The van der Waals surface area contributed by atoms with Gasteiger partial charge in [0.2, 0.25) is 5.91 Å². The summed E-state index contributed by atoms with van der Waals surface area (Å²) in [4.78, 5) is 34.2. The molecule has 0 N–H and O–H groups in total. The van der Waals surface area contributed by atoms with Crippen molar-refractivity contribution in [2.75, 3.05) is 17.7 Å². The molecular weight excluding hydrogens is 378 g/mol. The smallest absolute Gasteiger partial charge is 0.263 e. The molecule has 0 aliphatic carbocycles. The maximum Gasteiger partial charge on any atom is 0.263 e. The molecule has 0 atom stereocenters. The zero-order valence-electron chi connectivity index (χ0n) is 16.0. The fourth-order valence-electron chi connectivity index (χ4n) is 3.04. The first-order chi connectivity index (χ1) is 13.0. The molecule has 0 aliphatic heterocycles. The highest BCUT2D eigenvalue weighted by Crippen LogP contribution is 2.24. The number of aromatic nitrogens is 2. The summed E-state index contributed by atoms with van der Waals surface area (Å²) in [5.41, 5.74) is 1.79. The van der Waals surface area contributed by atoms with Crippen LogP contribution >= 0.6 is 23.1 Å². The van der Waals surface area contributed by atoms with E-state index in [-0.39, 0.29) is 18.0 Å². The third-order valence-electron chi connectivity index (χ3n) is 4.42. The van der Waals surface area contributed by atoms with Crippen molar-refractivity contribution in [3.05, 3.63) is 51.1 Å². The second kappa shape index (κ2) is 8.27. The molecule has 2 heterocycles. The number of fused-ring (bicyclic) bond motifs is 1. The number of carbonyl (C=O) groups is 1. The van der Waals surface area contributed by atoms with Crippen LogP contribution in [0.3, 0.4) is 0 Å². The first-order valence-corrected chi connectivity index (χ1v) is 11.0. The van der Waals surface area contributed by atoms with Crippen molar-refractivity contribution in [3.63, 3.8) is 0 Å². The van der Waals surface area contributed by atoms with Crippen molar-refractivity contribution in [2.24, 2.45) is 0 Å². The molecule has 0 radical (unpaired) electrons. The second-order valence-corrected chi connectivity index (χ2v) is 8.14. The predicted octanol–water partition coefficient (Wildman–Crippen LogP) is 4.10. The third-order valence-corrected chi connectivity index (χ3v) is 6.27. The van der Waals surface area contributed by atoms with Gasteiger partial charge in [0, 0.05) is 17.1 Å². The zero-order chi connectivity index (χ0) is 19.6. The van der Waals surface area contributed by atoms with Gasteiger partial charge in [-0.05, 0) is 50.3 Å². The van der Waals surface area contributed by atoms with E-state index in [9.17, 15) is 9.59 Å². The summed E-state index contributed by atoms with van der Waals surface area (Å²) >= 11 is 2.93. The van der Waals surface area contributed by atoms with Crippen LogP contribution in [0.5, 0.6) is 0 Å². The molecule has 7 heteroatoms. The van der Waals surface area contributed by atoms with Crippen LogP contribution in [0, 0.1) is 6.92 Å². The van der Waals surface area contributed by atoms with Gasteiger partial charge in [-0.15, -0.1) is 11.3 Å². The van der Waals surface area contributed by atoms with Gasteiger partial charge in [-0.3, -0.25) is 14.2 Å². The summed E-state index contributed by atoms with van der Waals surface area (Å²) in [6.45, 7) is 6.52. The van der Waals surface area contributed by atoms with Gasteiger partial charge in [-0.1, -0.05) is 30.8 Å². The molecule has 0 saturated carbocycles. The number of thiophene rings is 1. The molecule has 5 nitrogen and oxygen atoms in total. The maximum absolute atomic E-state index is 13.0. The van der Waals surface area contributed by atoms with Gasteiger partial charge in [0.25, 0.3) is 5.56 Å². The van der Waals surface area contributed by atoms with Gasteiger partial charge in [-0.25, -0.2) is 4.98 Å². The minimum atomic E-state index is -0.144. The highest BCUT2D eigenvalue weighted by molar-refractivity contribution is 7.98. The lowest BCUT2D eigenvalue weighted by Crippen LogP contribution is -2.37. The van der Waals surface area contributed by atoms with Gasteiger partial charge in [0.15, 0.2) is 5.16 Å². The average molecular weight is 402 g/mol. The lowest BCUT2D eigenvalue weighted by molar-refractivity contribution is -0.119. The number of aryl methyl sites for hydroxylation is 2. The minimum Gasteiger partial charge on any atom is -0.311 e.